The molecule has 0 spiro atoms. The lowest BCUT2D eigenvalue weighted by atomic mass is 10.1. The highest BCUT2D eigenvalue weighted by atomic mass is 32.1. The molecular weight excluding hydrogens is 272 g/mol. The number of carbonyl (C=O) groups is 1. The van der Waals surface area contributed by atoms with Crippen LogP contribution in [0.1, 0.15) is 50.2 Å². The third kappa shape index (κ3) is 2.92. The maximum atomic E-state index is 12.3. The lowest BCUT2D eigenvalue weighted by molar-refractivity contribution is 0.0944. The molecule has 5 heteroatoms. The second kappa shape index (κ2) is 6.04. The van der Waals surface area contributed by atoms with Crippen molar-refractivity contribution in [2.24, 2.45) is 5.92 Å². The molecule has 2 N–H and O–H groups in total. The summed E-state index contributed by atoms with van der Waals surface area (Å²) in [4.78, 5) is 15.2. The van der Waals surface area contributed by atoms with Crippen LogP contribution in [-0.2, 0) is 0 Å². The van der Waals surface area contributed by atoms with Crippen LogP contribution in [0.25, 0.3) is 0 Å². The van der Waals surface area contributed by atoms with Crippen LogP contribution in [0.15, 0.2) is 0 Å². The molecule has 0 radical (unpaired) electrons. The Morgan fingerprint density at radius 2 is 1.85 bits per heavy atom. The van der Waals surface area contributed by atoms with Gasteiger partial charge in [-0.2, -0.15) is 0 Å². The van der Waals surface area contributed by atoms with Crippen LogP contribution in [0, 0.1) is 5.92 Å². The van der Waals surface area contributed by atoms with Crippen molar-refractivity contribution < 1.29 is 9.53 Å². The minimum absolute atomic E-state index is 0.0470. The number of rotatable bonds is 5. The van der Waals surface area contributed by atoms with Crippen molar-refractivity contribution in [3.8, 4) is 5.75 Å². The molecule has 1 aliphatic heterocycles. The van der Waals surface area contributed by atoms with Gasteiger partial charge in [-0.1, -0.05) is 13.8 Å². The summed E-state index contributed by atoms with van der Waals surface area (Å²) in [6.45, 7) is 9.80. The second-order valence-corrected chi connectivity index (χ2v) is 6.86. The average molecular weight is 296 g/mol. The fourth-order valence-corrected chi connectivity index (χ4v) is 3.63. The first-order valence-corrected chi connectivity index (χ1v) is 8.11. The maximum absolute atomic E-state index is 12.3. The third-order valence-electron chi connectivity index (χ3n) is 3.38. The molecule has 2 heterocycles. The lowest BCUT2D eigenvalue weighted by Crippen LogP contribution is -2.18. The SMILES string of the molecule is CC(C)Oc1c(N2CCCC2)sc(C(=O)C(C)C)c1N. The van der Waals surface area contributed by atoms with Gasteiger partial charge >= 0.3 is 0 Å². The van der Waals surface area contributed by atoms with Gasteiger partial charge in [-0.3, -0.25) is 4.79 Å². The fourth-order valence-electron chi connectivity index (χ4n) is 2.34. The molecule has 0 aliphatic carbocycles. The summed E-state index contributed by atoms with van der Waals surface area (Å²) in [6, 6.07) is 0. The van der Waals surface area contributed by atoms with Crippen molar-refractivity contribution in [1.29, 1.82) is 0 Å². The van der Waals surface area contributed by atoms with E-state index in [0.717, 1.165) is 18.1 Å². The van der Waals surface area contributed by atoms with Crippen LogP contribution in [0.5, 0.6) is 5.75 Å². The largest absolute Gasteiger partial charge is 0.486 e. The molecule has 0 unspecified atom stereocenters. The van der Waals surface area contributed by atoms with E-state index in [2.05, 4.69) is 4.90 Å². The van der Waals surface area contributed by atoms with Crippen molar-refractivity contribution >= 4 is 27.8 Å². The molecule has 1 aliphatic rings. The zero-order chi connectivity index (χ0) is 14.9. The monoisotopic (exact) mass is 296 g/mol. The second-order valence-electron chi connectivity index (χ2n) is 5.86. The summed E-state index contributed by atoms with van der Waals surface area (Å²) in [6.07, 6.45) is 2.42. The van der Waals surface area contributed by atoms with Crippen LogP contribution in [0.3, 0.4) is 0 Å². The van der Waals surface area contributed by atoms with Gasteiger partial charge in [0.1, 0.15) is 5.00 Å². The minimum Gasteiger partial charge on any atom is -0.486 e. The first-order chi connectivity index (χ1) is 9.41. The van der Waals surface area contributed by atoms with Crippen LogP contribution < -0.4 is 15.4 Å². The van der Waals surface area contributed by atoms with E-state index in [1.807, 2.05) is 27.7 Å². The van der Waals surface area contributed by atoms with Gasteiger partial charge in [0.25, 0.3) is 0 Å². The highest BCUT2D eigenvalue weighted by Crippen LogP contribution is 2.47. The quantitative estimate of drug-likeness (QED) is 0.844. The van der Waals surface area contributed by atoms with Gasteiger partial charge in [0.05, 0.1) is 16.7 Å². The molecule has 4 nitrogen and oxygen atoms in total. The number of carbonyl (C=O) groups excluding carboxylic acids is 1. The Kier molecular flexibility index (Phi) is 4.58. The zero-order valence-corrected chi connectivity index (χ0v) is 13.5. The standard InChI is InChI=1S/C15H24N2O2S/c1-9(2)12(18)14-11(16)13(19-10(3)4)15(20-14)17-7-5-6-8-17/h9-10H,5-8,16H2,1-4H3. The molecule has 20 heavy (non-hydrogen) atoms. The summed E-state index contributed by atoms with van der Waals surface area (Å²) >= 11 is 1.49. The predicted molar refractivity (Wildman–Crippen MR) is 85.1 cm³/mol. The molecule has 0 amide bonds. The molecule has 0 saturated carbocycles. The number of ether oxygens (including phenoxy) is 1. The van der Waals surface area contributed by atoms with Crippen LogP contribution in [-0.4, -0.2) is 25.0 Å². The first-order valence-electron chi connectivity index (χ1n) is 7.30. The average Bonchev–Trinajstić information content (AvgIpc) is 2.98. The van der Waals surface area contributed by atoms with Gasteiger partial charge in [-0.25, -0.2) is 0 Å². The van der Waals surface area contributed by atoms with E-state index in [1.165, 1.54) is 24.2 Å². The van der Waals surface area contributed by atoms with E-state index < -0.39 is 0 Å². The number of nitrogen functional groups attached to an aromatic ring is 1. The van der Waals surface area contributed by atoms with Crippen molar-refractivity contribution in [1.82, 2.24) is 0 Å². The number of anilines is 2. The Hall–Kier alpha value is -1.23. The fraction of sp³-hybridized carbons (Fsp3) is 0.667. The number of hydrogen-bond acceptors (Lipinski definition) is 5. The van der Waals surface area contributed by atoms with E-state index in [-0.39, 0.29) is 17.8 Å². The molecule has 0 bridgehead atoms. The summed E-state index contributed by atoms with van der Waals surface area (Å²) in [5.74, 6) is 0.761. The third-order valence-corrected chi connectivity index (χ3v) is 4.64. The molecule has 0 aromatic carbocycles. The van der Waals surface area contributed by atoms with Crippen molar-refractivity contribution in [2.75, 3.05) is 23.7 Å². The molecule has 1 saturated heterocycles. The van der Waals surface area contributed by atoms with Gasteiger partial charge in [0.15, 0.2) is 11.5 Å². The van der Waals surface area contributed by atoms with Crippen LogP contribution in [0.2, 0.25) is 0 Å². The van der Waals surface area contributed by atoms with Gasteiger partial charge in [0.2, 0.25) is 0 Å². The first kappa shape index (κ1) is 15.2. The van der Waals surface area contributed by atoms with E-state index in [1.54, 1.807) is 0 Å². The highest BCUT2D eigenvalue weighted by molar-refractivity contribution is 7.19. The Labute approximate surface area is 124 Å². The number of nitrogens with zero attached hydrogens (tertiary/aromatic N) is 1. The van der Waals surface area contributed by atoms with Crippen LogP contribution >= 0.6 is 11.3 Å². The van der Waals surface area contributed by atoms with E-state index in [4.69, 9.17) is 10.5 Å². The number of hydrogen-bond donors (Lipinski definition) is 1. The Balaban J connectivity index is 2.42. The number of thiophene rings is 1. The highest BCUT2D eigenvalue weighted by Gasteiger charge is 2.28. The summed E-state index contributed by atoms with van der Waals surface area (Å²) in [7, 11) is 0. The molecule has 1 fully saturated rings. The van der Waals surface area contributed by atoms with E-state index >= 15 is 0 Å². The number of Topliss-reactive ketones (excluding diaryl/α,β-unsaturated/α-hetero) is 1. The normalized spacial score (nSPS) is 15.4. The smallest absolute Gasteiger partial charge is 0.177 e. The molecule has 2 rings (SSSR count). The zero-order valence-electron chi connectivity index (χ0n) is 12.7. The topological polar surface area (TPSA) is 55.6 Å². The summed E-state index contributed by atoms with van der Waals surface area (Å²) < 4.78 is 5.89. The van der Waals surface area contributed by atoms with Gasteiger partial charge in [-0.05, 0) is 26.7 Å². The van der Waals surface area contributed by atoms with Crippen LogP contribution in [0.4, 0.5) is 10.7 Å². The van der Waals surface area contributed by atoms with Gasteiger partial charge < -0.3 is 15.4 Å². The number of nitrogens with two attached hydrogens (primary N) is 1. The summed E-state index contributed by atoms with van der Waals surface area (Å²) in [5.41, 5.74) is 6.71. The van der Waals surface area contributed by atoms with E-state index in [0.29, 0.717) is 16.3 Å². The molecular formula is C15H24N2O2S. The Morgan fingerprint density at radius 1 is 1.25 bits per heavy atom. The molecule has 1 aromatic heterocycles. The van der Waals surface area contributed by atoms with Crippen molar-refractivity contribution in [3.05, 3.63) is 4.88 Å². The number of ketones is 1. The van der Waals surface area contributed by atoms with Gasteiger partial charge in [0, 0.05) is 19.0 Å². The summed E-state index contributed by atoms with van der Waals surface area (Å²) in [5, 5.41) is 1.03. The molecule has 1 aromatic rings. The lowest BCUT2D eigenvalue weighted by Gasteiger charge is -2.19. The molecule has 112 valence electrons. The Bertz CT molecular complexity index is 488. The van der Waals surface area contributed by atoms with E-state index in [9.17, 15) is 4.79 Å². The van der Waals surface area contributed by atoms with Crippen molar-refractivity contribution in [2.45, 2.75) is 46.6 Å². The maximum Gasteiger partial charge on any atom is 0.177 e. The van der Waals surface area contributed by atoms with Crippen molar-refractivity contribution in [3.63, 3.8) is 0 Å². The minimum atomic E-state index is -0.0470. The molecule has 0 atom stereocenters. The predicted octanol–water partition coefficient (Wildman–Crippen LogP) is 3.56. The van der Waals surface area contributed by atoms with Gasteiger partial charge in [-0.15, -0.1) is 11.3 Å². The Morgan fingerprint density at radius 3 is 2.35 bits per heavy atom.